The van der Waals surface area contributed by atoms with Gasteiger partial charge in [-0.15, -0.1) is 0 Å². The maximum atomic E-state index is 12.1. The van der Waals surface area contributed by atoms with Crippen LogP contribution >= 0.6 is 15.9 Å². The quantitative estimate of drug-likeness (QED) is 0.854. The molecular formula is C15H18BrN3O. The van der Waals surface area contributed by atoms with Gasteiger partial charge in [-0.05, 0) is 24.1 Å². The molecule has 106 valence electrons. The zero-order valence-corrected chi connectivity index (χ0v) is 13.3. The lowest BCUT2D eigenvalue weighted by molar-refractivity contribution is 0.0951. The summed E-state index contributed by atoms with van der Waals surface area (Å²) in [6.45, 7) is 2.57. The Morgan fingerprint density at radius 3 is 2.65 bits per heavy atom. The molecule has 4 nitrogen and oxygen atoms in total. The molecule has 1 heterocycles. The highest BCUT2D eigenvalue weighted by Gasteiger charge is 2.09. The predicted molar refractivity (Wildman–Crippen MR) is 82.8 cm³/mol. The van der Waals surface area contributed by atoms with Crippen molar-refractivity contribution in [2.24, 2.45) is 7.05 Å². The lowest BCUT2D eigenvalue weighted by Crippen LogP contribution is -2.23. The van der Waals surface area contributed by atoms with Crippen LogP contribution in [0.2, 0.25) is 0 Å². The molecule has 0 aliphatic carbocycles. The molecule has 0 atom stereocenters. The number of carbonyl (C=O) groups is 1. The standard InChI is InChI=1S/C15H18BrN3O/c1-3-14-13(10-19(2)18-14)9-17-15(20)12-6-4-11(8-16)5-7-12/h4-7,10H,3,8-9H2,1-2H3,(H,17,20). The van der Waals surface area contributed by atoms with Crippen molar-refractivity contribution in [3.05, 3.63) is 52.8 Å². The van der Waals surface area contributed by atoms with Gasteiger partial charge in [-0.2, -0.15) is 5.10 Å². The molecule has 1 aromatic carbocycles. The third-order valence-corrected chi connectivity index (χ3v) is 3.78. The van der Waals surface area contributed by atoms with Crippen LogP contribution in [0, 0.1) is 0 Å². The van der Waals surface area contributed by atoms with E-state index in [1.54, 1.807) is 4.68 Å². The summed E-state index contributed by atoms with van der Waals surface area (Å²) in [5.41, 5.74) is 3.93. The highest BCUT2D eigenvalue weighted by molar-refractivity contribution is 9.08. The van der Waals surface area contributed by atoms with E-state index in [0.717, 1.165) is 28.6 Å². The van der Waals surface area contributed by atoms with Crippen LogP contribution in [0.4, 0.5) is 0 Å². The molecule has 0 radical (unpaired) electrons. The van der Waals surface area contributed by atoms with Crippen LogP contribution in [0.5, 0.6) is 0 Å². The summed E-state index contributed by atoms with van der Waals surface area (Å²) >= 11 is 3.39. The second kappa shape index (κ2) is 6.70. The Labute approximate surface area is 127 Å². The third-order valence-electron chi connectivity index (χ3n) is 3.14. The van der Waals surface area contributed by atoms with Crippen molar-refractivity contribution in [2.75, 3.05) is 0 Å². The van der Waals surface area contributed by atoms with Crippen LogP contribution in [0.25, 0.3) is 0 Å². The Kier molecular flexibility index (Phi) is 4.95. The van der Waals surface area contributed by atoms with E-state index in [4.69, 9.17) is 0 Å². The Hall–Kier alpha value is -1.62. The first-order valence-corrected chi connectivity index (χ1v) is 7.70. The highest BCUT2D eigenvalue weighted by Crippen LogP contribution is 2.09. The first-order chi connectivity index (χ1) is 9.63. The summed E-state index contributed by atoms with van der Waals surface area (Å²) in [6, 6.07) is 7.59. The van der Waals surface area contributed by atoms with Crippen LogP contribution < -0.4 is 5.32 Å². The monoisotopic (exact) mass is 335 g/mol. The molecule has 2 rings (SSSR count). The number of nitrogens with zero attached hydrogens (tertiary/aromatic N) is 2. The van der Waals surface area contributed by atoms with Gasteiger partial charge in [-0.1, -0.05) is 35.0 Å². The number of aromatic nitrogens is 2. The lowest BCUT2D eigenvalue weighted by atomic mass is 10.1. The molecule has 1 amide bonds. The number of alkyl halides is 1. The van der Waals surface area contributed by atoms with Crippen molar-refractivity contribution in [3.63, 3.8) is 0 Å². The van der Waals surface area contributed by atoms with Gasteiger partial charge < -0.3 is 5.32 Å². The van der Waals surface area contributed by atoms with Crippen LogP contribution in [0.3, 0.4) is 0 Å². The third kappa shape index (κ3) is 3.48. The Balaban J connectivity index is 2.00. The van der Waals surface area contributed by atoms with Crippen molar-refractivity contribution >= 4 is 21.8 Å². The molecule has 0 aliphatic heterocycles. The summed E-state index contributed by atoms with van der Waals surface area (Å²) in [5.74, 6) is -0.0583. The van der Waals surface area contributed by atoms with Crippen LogP contribution in [0.1, 0.15) is 34.1 Å². The minimum absolute atomic E-state index is 0.0583. The van der Waals surface area contributed by atoms with E-state index in [-0.39, 0.29) is 5.91 Å². The van der Waals surface area contributed by atoms with Gasteiger partial charge in [-0.3, -0.25) is 9.48 Å². The Morgan fingerprint density at radius 2 is 2.05 bits per heavy atom. The fourth-order valence-electron chi connectivity index (χ4n) is 2.05. The van der Waals surface area contributed by atoms with E-state index in [1.807, 2.05) is 37.5 Å². The number of halogens is 1. The Morgan fingerprint density at radius 1 is 1.35 bits per heavy atom. The minimum Gasteiger partial charge on any atom is -0.348 e. The number of benzene rings is 1. The van der Waals surface area contributed by atoms with Crippen molar-refractivity contribution in [2.45, 2.75) is 25.2 Å². The molecule has 0 bridgehead atoms. The summed E-state index contributed by atoms with van der Waals surface area (Å²) in [6.07, 6.45) is 2.82. The van der Waals surface area contributed by atoms with Gasteiger partial charge >= 0.3 is 0 Å². The normalized spacial score (nSPS) is 10.6. The average molecular weight is 336 g/mol. The molecule has 0 saturated heterocycles. The maximum absolute atomic E-state index is 12.1. The van der Waals surface area contributed by atoms with Gasteiger partial charge in [0.25, 0.3) is 5.91 Å². The first-order valence-electron chi connectivity index (χ1n) is 6.58. The van der Waals surface area contributed by atoms with Crippen LogP contribution in [-0.2, 0) is 25.3 Å². The van der Waals surface area contributed by atoms with Crippen molar-refractivity contribution in [3.8, 4) is 0 Å². The fourth-order valence-corrected chi connectivity index (χ4v) is 2.43. The molecule has 0 saturated carbocycles. The highest BCUT2D eigenvalue weighted by atomic mass is 79.9. The van der Waals surface area contributed by atoms with Gasteiger partial charge in [0.05, 0.1) is 5.69 Å². The van der Waals surface area contributed by atoms with E-state index in [1.165, 1.54) is 0 Å². The van der Waals surface area contributed by atoms with Gasteiger partial charge in [0.1, 0.15) is 0 Å². The minimum atomic E-state index is -0.0583. The topological polar surface area (TPSA) is 46.9 Å². The molecule has 20 heavy (non-hydrogen) atoms. The second-order valence-electron chi connectivity index (χ2n) is 4.64. The summed E-state index contributed by atoms with van der Waals surface area (Å²) < 4.78 is 1.78. The van der Waals surface area contributed by atoms with E-state index in [0.29, 0.717) is 12.1 Å². The summed E-state index contributed by atoms with van der Waals surface area (Å²) in [5, 5.41) is 8.10. The number of aryl methyl sites for hydroxylation is 2. The molecule has 0 spiro atoms. The zero-order valence-electron chi connectivity index (χ0n) is 11.7. The number of amides is 1. The number of hydrogen-bond donors (Lipinski definition) is 1. The van der Waals surface area contributed by atoms with Crippen LogP contribution in [0.15, 0.2) is 30.5 Å². The predicted octanol–water partition coefficient (Wildman–Crippen LogP) is 2.81. The molecule has 5 heteroatoms. The Bertz CT molecular complexity index is 590. The van der Waals surface area contributed by atoms with Gasteiger partial charge in [0, 0.05) is 36.2 Å². The molecule has 0 fully saturated rings. The van der Waals surface area contributed by atoms with E-state index in [9.17, 15) is 4.79 Å². The largest absolute Gasteiger partial charge is 0.348 e. The number of rotatable bonds is 5. The summed E-state index contributed by atoms with van der Waals surface area (Å²) in [4.78, 5) is 12.1. The fraction of sp³-hybridized carbons (Fsp3) is 0.333. The van der Waals surface area contributed by atoms with Gasteiger partial charge in [-0.25, -0.2) is 0 Å². The second-order valence-corrected chi connectivity index (χ2v) is 5.20. The SMILES string of the molecule is CCc1nn(C)cc1CNC(=O)c1ccc(CBr)cc1. The molecule has 1 N–H and O–H groups in total. The summed E-state index contributed by atoms with van der Waals surface area (Å²) in [7, 11) is 1.89. The van der Waals surface area contributed by atoms with Crippen LogP contribution in [-0.4, -0.2) is 15.7 Å². The molecular weight excluding hydrogens is 318 g/mol. The number of carbonyl (C=O) groups excluding carboxylic acids is 1. The smallest absolute Gasteiger partial charge is 0.251 e. The van der Waals surface area contributed by atoms with E-state index in [2.05, 4.69) is 33.3 Å². The van der Waals surface area contributed by atoms with E-state index >= 15 is 0 Å². The number of nitrogens with one attached hydrogen (secondary N) is 1. The van der Waals surface area contributed by atoms with E-state index < -0.39 is 0 Å². The first kappa shape index (κ1) is 14.8. The molecule has 2 aromatic rings. The molecule has 1 aromatic heterocycles. The van der Waals surface area contributed by atoms with Crippen molar-refractivity contribution < 1.29 is 4.79 Å². The van der Waals surface area contributed by atoms with Crippen molar-refractivity contribution in [1.82, 2.24) is 15.1 Å². The average Bonchev–Trinajstić information content (AvgIpc) is 2.85. The zero-order chi connectivity index (χ0) is 14.5. The lowest BCUT2D eigenvalue weighted by Gasteiger charge is -2.05. The van der Waals surface area contributed by atoms with Gasteiger partial charge in [0.15, 0.2) is 0 Å². The van der Waals surface area contributed by atoms with Crippen molar-refractivity contribution in [1.29, 1.82) is 0 Å². The maximum Gasteiger partial charge on any atom is 0.251 e. The molecule has 0 aliphatic rings. The van der Waals surface area contributed by atoms with Gasteiger partial charge in [0.2, 0.25) is 0 Å². The number of hydrogen-bond acceptors (Lipinski definition) is 2. The molecule has 0 unspecified atom stereocenters.